The predicted octanol–water partition coefficient (Wildman–Crippen LogP) is 0.760. The summed E-state index contributed by atoms with van der Waals surface area (Å²) in [6, 6.07) is 3.78. The number of methoxy groups -OCH3 is 1. The molecular formula is C11H13NO4. The van der Waals surface area contributed by atoms with E-state index in [1.165, 1.54) is 7.11 Å². The number of hydrogen-bond donors (Lipinski definition) is 0. The van der Waals surface area contributed by atoms with E-state index in [1.807, 2.05) is 29.1 Å². The maximum absolute atomic E-state index is 11.1. The van der Waals surface area contributed by atoms with Gasteiger partial charge in [0, 0.05) is 24.5 Å². The van der Waals surface area contributed by atoms with Gasteiger partial charge >= 0.3 is 11.9 Å². The summed E-state index contributed by atoms with van der Waals surface area (Å²) in [5.74, 6) is -1.14. The molecule has 0 radical (unpaired) electrons. The smallest absolute Gasteiger partial charge is 0.331 e. The van der Waals surface area contributed by atoms with Crippen molar-refractivity contribution in [1.29, 1.82) is 0 Å². The van der Waals surface area contributed by atoms with E-state index in [0.29, 0.717) is 6.54 Å². The first-order chi connectivity index (χ1) is 7.72. The maximum Gasteiger partial charge on any atom is 0.331 e. The lowest BCUT2D eigenvalue weighted by molar-refractivity contribution is -0.139. The molecule has 1 rings (SSSR count). The Morgan fingerprint density at radius 1 is 1.19 bits per heavy atom. The molecule has 0 saturated heterocycles. The first-order valence-electron chi connectivity index (χ1n) is 4.76. The van der Waals surface area contributed by atoms with Crippen LogP contribution in [0.2, 0.25) is 0 Å². The highest BCUT2D eigenvalue weighted by atomic mass is 16.5. The quantitative estimate of drug-likeness (QED) is 0.546. The zero-order valence-electron chi connectivity index (χ0n) is 8.96. The minimum Gasteiger partial charge on any atom is -0.466 e. The van der Waals surface area contributed by atoms with Crippen molar-refractivity contribution in [2.24, 2.45) is 0 Å². The van der Waals surface area contributed by atoms with E-state index in [1.54, 1.807) is 0 Å². The SMILES string of the molecule is COC(=O)/C=C/C(=O)OCCn1cccc1. The van der Waals surface area contributed by atoms with Crippen LogP contribution >= 0.6 is 0 Å². The number of ether oxygens (including phenoxy) is 2. The average molecular weight is 223 g/mol. The molecule has 0 fully saturated rings. The van der Waals surface area contributed by atoms with E-state index in [-0.39, 0.29) is 6.61 Å². The monoisotopic (exact) mass is 223 g/mol. The molecule has 0 bridgehead atoms. The molecule has 86 valence electrons. The number of carbonyl (C=O) groups excluding carboxylic acids is 2. The molecule has 0 unspecified atom stereocenters. The summed E-state index contributed by atoms with van der Waals surface area (Å²) in [6.45, 7) is 0.851. The normalized spacial score (nSPS) is 10.3. The number of hydrogen-bond acceptors (Lipinski definition) is 4. The van der Waals surface area contributed by atoms with Crippen LogP contribution in [0.3, 0.4) is 0 Å². The van der Waals surface area contributed by atoms with Gasteiger partial charge in [-0.25, -0.2) is 9.59 Å². The van der Waals surface area contributed by atoms with Crippen molar-refractivity contribution in [3.8, 4) is 0 Å². The number of carbonyl (C=O) groups is 2. The third-order valence-corrected chi connectivity index (χ3v) is 1.82. The largest absolute Gasteiger partial charge is 0.466 e. The number of rotatable bonds is 5. The molecule has 0 aliphatic heterocycles. The molecule has 1 aromatic rings. The second kappa shape index (κ2) is 6.44. The fraction of sp³-hybridized carbons (Fsp3) is 0.273. The van der Waals surface area contributed by atoms with Crippen molar-refractivity contribution in [1.82, 2.24) is 4.57 Å². The minimum atomic E-state index is -0.581. The van der Waals surface area contributed by atoms with E-state index in [2.05, 4.69) is 4.74 Å². The van der Waals surface area contributed by atoms with Gasteiger partial charge in [-0.2, -0.15) is 0 Å². The summed E-state index contributed by atoms with van der Waals surface area (Å²) < 4.78 is 11.1. The van der Waals surface area contributed by atoms with Crippen molar-refractivity contribution in [3.63, 3.8) is 0 Å². The van der Waals surface area contributed by atoms with Gasteiger partial charge < -0.3 is 14.0 Å². The van der Waals surface area contributed by atoms with Gasteiger partial charge in [0.2, 0.25) is 0 Å². The standard InChI is InChI=1S/C11H13NO4/c1-15-10(13)4-5-11(14)16-9-8-12-6-2-3-7-12/h2-7H,8-9H2,1H3/b5-4+. The first-order valence-corrected chi connectivity index (χ1v) is 4.76. The van der Waals surface area contributed by atoms with Gasteiger partial charge in [0.05, 0.1) is 13.7 Å². The molecule has 0 atom stereocenters. The lowest BCUT2D eigenvalue weighted by Gasteiger charge is -2.02. The molecule has 1 aromatic heterocycles. The summed E-state index contributed by atoms with van der Waals surface area (Å²) in [7, 11) is 1.24. The van der Waals surface area contributed by atoms with Crippen LogP contribution in [0.25, 0.3) is 0 Å². The van der Waals surface area contributed by atoms with Gasteiger partial charge in [0.15, 0.2) is 0 Å². The lowest BCUT2D eigenvalue weighted by Crippen LogP contribution is -2.08. The van der Waals surface area contributed by atoms with Crippen LogP contribution in [0.5, 0.6) is 0 Å². The van der Waals surface area contributed by atoms with E-state index in [9.17, 15) is 9.59 Å². The van der Waals surface area contributed by atoms with Gasteiger partial charge in [0.25, 0.3) is 0 Å². The van der Waals surface area contributed by atoms with E-state index < -0.39 is 11.9 Å². The van der Waals surface area contributed by atoms with Crippen molar-refractivity contribution >= 4 is 11.9 Å². The molecule has 5 heteroatoms. The molecule has 0 aliphatic carbocycles. The van der Waals surface area contributed by atoms with Crippen molar-refractivity contribution in [2.75, 3.05) is 13.7 Å². The average Bonchev–Trinajstić information content (AvgIpc) is 2.79. The summed E-state index contributed by atoms with van der Waals surface area (Å²) >= 11 is 0. The number of nitrogens with zero attached hydrogens (tertiary/aromatic N) is 1. The summed E-state index contributed by atoms with van der Waals surface area (Å²) in [6.07, 6.45) is 5.82. The zero-order chi connectivity index (χ0) is 11.8. The van der Waals surface area contributed by atoms with E-state index in [0.717, 1.165) is 12.2 Å². The molecule has 0 amide bonds. The van der Waals surface area contributed by atoms with Crippen LogP contribution < -0.4 is 0 Å². The van der Waals surface area contributed by atoms with Gasteiger partial charge in [-0.1, -0.05) is 0 Å². The summed E-state index contributed by atoms with van der Waals surface area (Å²) in [5, 5.41) is 0. The topological polar surface area (TPSA) is 57.5 Å². The summed E-state index contributed by atoms with van der Waals surface area (Å²) in [4.78, 5) is 21.7. The fourth-order valence-electron chi connectivity index (χ4n) is 1.02. The van der Waals surface area contributed by atoms with Gasteiger partial charge in [-0.05, 0) is 12.1 Å². The second-order valence-electron chi connectivity index (χ2n) is 2.94. The molecular weight excluding hydrogens is 210 g/mol. The predicted molar refractivity (Wildman–Crippen MR) is 56.5 cm³/mol. The Bertz CT molecular complexity index is 367. The molecule has 0 aliphatic rings. The third kappa shape index (κ3) is 4.45. The third-order valence-electron chi connectivity index (χ3n) is 1.82. The van der Waals surface area contributed by atoms with Crippen molar-refractivity contribution in [3.05, 3.63) is 36.7 Å². The molecule has 0 N–H and O–H groups in total. The molecule has 16 heavy (non-hydrogen) atoms. The van der Waals surface area contributed by atoms with Crippen LogP contribution in [0, 0.1) is 0 Å². The Morgan fingerprint density at radius 2 is 1.81 bits per heavy atom. The van der Waals surface area contributed by atoms with Crippen LogP contribution in [-0.2, 0) is 25.6 Å². The lowest BCUT2D eigenvalue weighted by atomic mass is 10.5. The Morgan fingerprint density at radius 3 is 2.44 bits per heavy atom. The van der Waals surface area contributed by atoms with E-state index >= 15 is 0 Å². The second-order valence-corrected chi connectivity index (χ2v) is 2.94. The van der Waals surface area contributed by atoms with Gasteiger partial charge in [-0.3, -0.25) is 0 Å². The van der Waals surface area contributed by atoms with Crippen LogP contribution in [0.1, 0.15) is 0 Å². The van der Waals surface area contributed by atoms with Crippen molar-refractivity contribution in [2.45, 2.75) is 6.54 Å². The highest BCUT2D eigenvalue weighted by Gasteiger charge is 1.99. The Kier molecular flexibility index (Phi) is 4.85. The Balaban J connectivity index is 2.20. The fourth-order valence-corrected chi connectivity index (χ4v) is 1.02. The van der Waals surface area contributed by atoms with Crippen LogP contribution in [-0.4, -0.2) is 30.2 Å². The van der Waals surface area contributed by atoms with Crippen molar-refractivity contribution < 1.29 is 19.1 Å². The highest BCUT2D eigenvalue weighted by molar-refractivity contribution is 5.91. The first kappa shape index (κ1) is 12.0. The molecule has 1 heterocycles. The highest BCUT2D eigenvalue weighted by Crippen LogP contribution is 1.91. The van der Waals surface area contributed by atoms with Gasteiger partial charge in [-0.15, -0.1) is 0 Å². The Labute approximate surface area is 93.3 Å². The number of esters is 2. The minimum absolute atomic E-state index is 0.263. The molecule has 0 aromatic carbocycles. The molecule has 5 nitrogen and oxygen atoms in total. The van der Waals surface area contributed by atoms with Gasteiger partial charge in [0.1, 0.15) is 6.61 Å². The maximum atomic E-state index is 11.1. The molecule has 0 spiro atoms. The number of aromatic nitrogens is 1. The summed E-state index contributed by atoms with van der Waals surface area (Å²) in [5.41, 5.74) is 0. The zero-order valence-corrected chi connectivity index (χ0v) is 8.96. The van der Waals surface area contributed by atoms with E-state index in [4.69, 9.17) is 4.74 Å². The molecule has 0 saturated carbocycles. The Hall–Kier alpha value is -2.04. The van der Waals surface area contributed by atoms with Crippen LogP contribution in [0.15, 0.2) is 36.7 Å². The van der Waals surface area contributed by atoms with Crippen LogP contribution in [0.4, 0.5) is 0 Å².